The van der Waals surface area contributed by atoms with Crippen LogP contribution in [0.5, 0.6) is 0 Å². The van der Waals surface area contributed by atoms with E-state index in [-0.39, 0.29) is 5.97 Å². The van der Waals surface area contributed by atoms with Crippen LogP contribution in [-0.4, -0.2) is 18.9 Å². The summed E-state index contributed by atoms with van der Waals surface area (Å²) in [5, 5.41) is 0. The molecule has 4 fully saturated rings. The van der Waals surface area contributed by atoms with E-state index >= 15 is 0 Å². The van der Waals surface area contributed by atoms with Gasteiger partial charge in [0.05, 0.1) is 7.11 Å². The lowest BCUT2D eigenvalue weighted by Crippen LogP contribution is -2.59. The molecular formula is C30H54O3. The van der Waals surface area contributed by atoms with E-state index in [1.54, 1.807) is 0 Å². The minimum Gasteiger partial charge on any atom is -0.469 e. The Hall–Kier alpha value is -0.860. The Morgan fingerprint density at radius 3 is 2.21 bits per heavy atom. The van der Waals surface area contributed by atoms with Gasteiger partial charge < -0.3 is 4.74 Å². The molecule has 4 saturated carbocycles. The minimum atomic E-state index is -0.0853. The van der Waals surface area contributed by atoms with Crippen molar-refractivity contribution in [2.45, 2.75) is 126 Å². The summed E-state index contributed by atoms with van der Waals surface area (Å²) in [6, 6.07) is 0. The average Bonchev–Trinajstić information content (AvgIpc) is 3.18. The molecule has 0 aromatic heterocycles. The molecule has 0 N–H and O–H groups in total. The number of Topliss-reactive ketones (excluding diaryl/α,β-unsaturated/α-hetero) is 1. The van der Waals surface area contributed by atoms with Crippen molar-refractivity contribution in [1.29, 1.82) is 0 Å². The number of hydrogen-bond donors (Lipinski definition) is 0. The van der Waals surface area contributed by atoms with E-state index in [1.807, 2.05) is 27.7 Å². The number of fused-ring (bicyclic) bond motifs is 5. The highest BCUT2D eigenvalue weighted by atomic mass is 16.5. The molecule has 0 aromatic carbocycles. The minimum absolute atomic E-state index is 0.0853. The van der Waals surface area contributed by atoms with Gasteiger partial charge in [-0.1, -0.05) is 61.3 Å². The molecule has 4 aliphatic carbocycles. The lowest BCUT2D eigenvalue weighted by molar-refractivity contribution is -0.167. The molecule has 33 heavy (non-hydrogen) atoms. The summed E-state index contributed by atoms with van der Waals surface area (Å²) in [5.41, 5.74) is 0.685. The molecule has 0 heterocycles. The summed E-state index contributed by atoms with van der Waals surface area (Å²) in [7, 11) is 1.48. The molecule has 0 amide bonds. The van der Waals surface area contributed by atoms with E-state index in [0.29, 0.717) is 58.5 Å². The summed E-state index contributed by atoms with van der Waals surface area (Å²) in [6.07, 6.45) is 13.9. The zero-order valence-electron chi connectivity index (χ0n) is 23.2. The predicted octanol–water partition coefficient (Wildman–Crippen LogP) is 8.25. The molecule has 4 rings (SSSR count). The molecule has 3 nitrogen and oxygen atoms in total. The van der Waals surface area contributed by atoms with Gasteiger partial charge in [-0.2, -0.15) is 0 Å². The molecule has 0 bridgehead atoms. The summed E-state index contributed by atoms with van der Waals surface area (Å²) < 4.78 is 4.83. The first kappa shape index (κ1) is 28.4. The van der Waals surface area contributed by atoms with E-state index < -0.39 is 0 Å². The number of carbonyl (C=O) groups is 2. The maximum atomic E-state index is 13.9. The largest absolute Gasteiger partial charge is 0.469 e. The van der Waals surface area contributed by atoms with Gasteiger partial charge in [0.2, 0.25) is 0 Å². The van der Waals surface area contributed by atoms with Crippen molar-refractivity contribution in [1.82, 2.24) is 0 Å². The third kappa shape index (κ3) is 5.08. The van der Waals surface area contributed by atoms with Crippen LogP contribution in [0, 0.1) is 46.3 Å². The van der Waals surface area contributed by atoms with E-state index in [1.165, 1.54) is 58.5 Å². The highest BCUT2D eigenvalue weighted by Gasteiger charge is 2.63. The second-order valence-electron chi connectivity index (χ2n) is 11.3. The van der Waals surface area contributed by atoms with Crippen LogP contribution < -0.4 is 0 Å². The molecule has 0 aliphatic heterocycles. The van der Waals surface area contributed by atoms with Gasteiger partial charge in [-0.25, -0.2) is 0 Å². The molecule has 0 spiro atoms. The van der Waals surface area contributed by atoms with Gasteiger partial charge in [0.15, 0.2) is 0 Å². The molecular weight excluding hydrogens is 408 g/mol. The SMILES string of the molecule is CC.CC.CC[C@H]1C(=O)C2C(CC[C@@]3(C)C2CC[C@@H]3CCCC(=O)OC)C2(C)CCCC[C@@H]12. The second kappa shape index (κ2) is 12.2. The maximum Gasteiger partial charge on any atom is 0.305 e. The fourth-order valence-electron chi connectivity index (χ4n) is 8.89. The van der Waals surface area contributed by atoms with Gasteiger partial charge in [0, 0.05) is 18.3 Å². The number of ketones is 1. The standard InChI is InChI=1S/C26H42O3.2C2H6/c1-5-18-19-10-6-7-15-26(19,3)21-14-16-25(2)17(9-8-11-22(27)29-4)12-13-20(25)23(21)24(18)28;2*1-2/h17-21,23H,5-16H2,1-4H3;2*1-2H3/t17-,18+,19-,20?,21?,23?,25+,26?;;/m0../s1. The first-order chi connectivity index (χ1) is 15.9. The summed E-state index contributed by atoms with van der Waals surface area (Å²) in [6.45, 7) is 15.3. The average molecular weight is 463 g/mol. The topological polar surface area (TPSA) is 43.4 Å². The molecule has 0 radical (unpaired) electrons. The van der Waals surface area contributed by atoms with Gasteiger partial charge in [-0.05, 0) is 92.3 Å². The number of methoxy groups -OCH3 is 1. The Kier molecular flexibility index (Phi) is 10.5. The number of rotatable bonds is 5. The zero-order valence-corrected chi connectivity index (χ0v) is 23.2. The van der Waals surface area contributed by atoms with Crippen LogP contribution in [0.2, 0.25) is 0 Å². The Bertz CT molecular complexity index is 642. The molecule has 3 heteroatoms. The van der Waals surface area contributed by atoms with Crippen LogP contribution in [0.3, 0.4) is 0 Å². The Labute approximate surface area is 205 Å². The number of esters is 1. The Morgan fingerprint density at radius 1 is 0.909 bits per heavy atom. The van der Waals surface area contributed by atoms with E-state index in [0.717, 1.165) is 19.3 Å². The van der Waals surface area contributed by atoms with Gasteiger partial charge >= 0.3 is 5.97 Å². The summed E-state index contributed by atoms with van der Waals surface area (Å²) in [4.78, 5) is 25.4. The van der Waals surface area contributed by atoms with Gasteiger partial charge in [-0.15, -0.1) is 0 Å². The highest BCUT2D eigenvalue weighted by molar-refractivity contribution is 5.86. The fraction of sp³-hybridized carbons (Fsp3) is 0.933. The van der Waals surface area contributed by atoms with Crippen LogP contribution in [0.25, 0.3) is 0 Å². The van der Waals surface area contributed by atoms with Gasteiger partial charge in [0.25, 0.3) is 0 Å². The molecule has 4 unspecified atom stereocenters. The van der Waals surface area contributed by atoms with E-state index in [4.69, 9.17) is 4.74 Å². The third-order valence-corrected chi connectivity index (χ3v) is 10.4. The first-order valence-electron chi connectivity index (χ1n) is 14.5. The Morgan fingerprint density at radius 2 is 1.58 bits per heavy atom. The van der Waals surface area contributed by atoms with Crippen molar-refractivity contribution >= 4 is 11.8 Å². The lowest BCUT2D eigenvalue weighted by atomic mass is 9.42. The first-order valence-corrected chi connectivity index (χ1v) is 14.5. The van der Waals surface area contributed by atoms with Crippen LogP contribution in [0.4, 0.5) is 0 Å². The summed E-state index contributed by atoms with van der Waals surface area (Å²) >= 11 is 0. The van der Waals surface area contributed by atoms with Crippen molar-refractivity contribution in [3.8, 4) is 0 Å². The van der Waals surface area contributed by atoms with Crippen molar-refractivity contribution in [2.75, 3.05) is 7.11 Å². The number of hydrogen-bond acceptors (Lipinski definition) is 3. The van der Waals surface area contributed by atoms with Crippen molar-refractivity contribution < 1.29 is 14.3 Å². The van der Waals surface area contributed by atoms with Crippen LogP contribution >= 0.6 is 0 Å². The van der Waals surface area contributed by atoms with E-state index in [2.05, 4.69) is 20.8 Å². The third-order valence-electron chi connectivity index (χ3n) is 10.4. The fourth-order valence-corrected chi connectivity index (χ4v) is 8.89. The normalized spacial score (nSPS) is 41.3. The lowest BCUT2D eigenvalue weighted by Gasteiger charge is -2.61. The molecule has 192 valence electrons. The van der Waals surface area contributed by atoms with Crippen LogP contribution in [-0.2, 0) is 14.3 Å². The molecule has 4 aliphatic rings. The smallest absolute Gasteiger partial charge is 0.305 e. The predicted molar refractivity (Wildman–Crippen MR) is 138 cm³/mol. The van der Waals surface area contributed by atoms with Gasteiger partial charge in [0.1, 0.15) is 5.78 Å². The maximum absolute atomic E-state index is 13.9. The highest BCUT2D eigenvalue weighted by Crippen LogP contribution is 2.68. The quantitative estimate of drug-likeness (QED) is 0.386. The number of ether oxygens (including phenoxy) is 1. The van der Waals surface area contributed by atoms with E-state index in [9.17, 15) is 9.59 Å². The zero-order chi connectivity index (χ0) is 24.8. The van der Waals surface area contributed by atoms with Crippen molar-refractivity contribution in [3.63, 3.8) is 0 Å². The molecule has 0 saturated heterocycles. The monoisotopic (exact) mass is 462 g/mol. The van der Waals surface area contributed by atoms with Crippen molar-refractivity contribution in [3.05, 3.63) is 0 Å². The molecule has 0 aromatic rings. The van der Waals surface area contributed by atoms with Crippen LogP contribution in [0.1, 0.15) is 126 Å². The van der Waals surface area contributed by atoms with Crippen LogP contribution in [0.15, 0.2) is 0 Å². The van der Waals surface area contributed by atoms with Gasteiger partial charge in [-0.3, -0.25) is 9.59 Å². The second-order valence-corrected chi connectivity index (χ2v) is 11.3. The molecule has 8 atom stereocenters. The summed E-state index contributed by atoms with van der Waals surface area (Å²) in [5.74, 6) is 3.68. The number of carbonyl (C=O) groups excluding carboxylic acids is 2. The van der Waals surface area contributed by atoms with Crippen molar-refractivity contribution in [2.24, 2.45) is 46.3 Å². The Balaban J connectivity index is 0.000000914.